The van der Waals surface area contributed by atoms with Crippen molar-refractivity contribution in [2.24, 2.45) is 0 Å². The number of sulfonamides is 1. The third-order valence-corrected chi connectivity index (χ3v) is 5.19. The molecule has 9 heteroatoms. The fourth-order valence-electron chi connectivity index (χ4n) is 2.18. The van der Waals surface area contributed by atoms with Crippen molar-refractivity contribution in [2.45, 2.75) is 31.1 Å². The van der Waals surface area contributed by atoms with Crippen molar-refractivity contribution in [3.8, 4) is 0 Å². The van der Waals surface area contributed by atoms with Gasteiger partial charge >= 0.3 is 5.97 Å². The van der Waals surface area contributed by atoms with E-state index < -0.39 is 21.2 Å². The number of aliphatic carboxylic acids is 1. The van der Waals surface area contributed by atoms with Gasteiger partial charge in [-0.3, -0.25) is 4.79 Å². The first-order valence-electron chi connectivity index (χ1n) is 6.66. The first kappa shape index (κ1) is 15.6. The number of piperidine rings is 1. The number of nitrogens with zero attached hydrogens (tertiary/aromatic N) is 3. The monoisotopic (exact) mass is 314 g/mol. The highest BCUT2D eigenvalue weighted by Gasteiger charge is 2.32. The minimum atomic E-state index is -3.88. The molecule has 1 saturated heterocycles. The summed E-state index contributed by atoms with van der Waals surface area (Å²) in [6.07, 6.45) is 4.70. The average Bonchev–Trinajstić information content (AvgIpc) is 2.47. The summed E-state index contributed by atoms with van der Waals surface area (Å²) in [5.41, 5.74) is 0. The van der Waals surface area contributed by atoms with Crippen LogP contribution >= 0.6 is 0 Å². The lowest BCUT2D eigenvalue weighted by Crippen LogP contribution is -2.51. The van der Waals surface area contributed by atoms with Gasteiger partial charge in [-0.15, -0.1) is 0 Å². The second kappa shape index (κ2) is 6.35. The Morgan fingerprint density at radius 2 is 2.14 bits per heavy atom. The number of rotatable bonds is 5. The molecule has 0 radical (unpaired) electrons. The molecular weight excluding hydrogens is 296 g/mol. The lowest BCUT2D eigenvalue weighted by molar-refractivity contribution is -0.136. The van der Waals surface area contributed by atoms with E-state index in [1.807, 2.05) is 4.90 Å². The van der Waals surface area contributed by atoms with E-state index in [0.717, 1.165) is 19.9 Å². The van der Waals surface area contributed by atoms with Gasteiger partial charge in [0.2, 0.25) is 16.0 Å². The van der Waals surface area contributed by atoms with Gasteiger partial charge in [0, 0.05) is 31.5 Å². The molecule has 0 saturated carbocycles. The van der Waals surface area contributed by atoms with Crippen molar-refractivity contribution in [3.63, 3.8) is 0 Å². The molecule has 2 N–H and O–H groups in total. The predicted molar refractivity (Wildman–Crippen MR) is 76.4 cm³/mol. The number of carboxylic acid groups (broad SMARTS) is 1. The smallest absolute Gasteiger partial charge is 0.323 e. The van der Waals surface area contributed by atoms with Crippen molar-refractivity contribution < 1.29 is 18.3 Å². The summed E-state index contributed by atoms with van der Waals surface area (Å²) in [5, 5.41) is 7.36. The van der Waals surface area contributed by atoms with Crippen LogP contribution in [0.25, 0.3) is 0 Å². The van der Waals surface area contributed by atoms with Crippen molar-refractivity contribution in [1.82, 2.24) is 14.7 Å². The standard InChI is InChI=1S/C12H18N4O4S/c1-9(11(17)18)21(19,20)15-10-4-2-7-16(8-10)12-13-5-3-6-14-12/h3,5-6,9-10,15H,2,4,7-8H2,1H3,(H,17,18). The van der Waals surface area contributed by atoms with Crippen molar-refractivity contribution in [1.29, 1.82) is 0 Å². The molecule has 2 atom stereocenters. The number of hydrogen-bond acceptors (Lipinski definition) is 6. The summed E-state index contributed by atoms with van der Waals surface area (Å²) in [4.78, 5) is 21.0. The maximum Gasteiger partial charge on any atom is 0.323 e. The average molecular weight is 314 g/mol. The third kappa shape index (κ3) is 3.88. The molecule has 21 heavy (non-hydrogen) atoms. The van der Waals surface area contributed by atoms with Crippen LogP contribution in [0.5, 0.6) is 0 Å². The molecule has 0 aliphatic carbocycles. The molecule has 1 fully saturated rings. The van der Waals surface area contributed by atoms with Crippen LogP contribution in [0.2, 0.25) is 0 Å². The largest absolute Gasteiger partial charge is 0.480 e. The first-order valence-corrected chi connectivity index (χ1v) is 8.20. The number of carboxylic acids is 1. The number of carbonyl (C=O) groups is 1. The SMILES string of the molecule is CC(C(=O)O)S(=O)(=O)NC1CCCN(c2ncccn2)C1. The Labute approximate surface area is 123 Å². The van der Waals surface area contributed by atoms with Crippen molar-refractivity contribution in [2.75, 3.05) is 18.0 Å². The molecule has 1 aliphatic heterocycles. The zero-order valence-corrected chi connectivity index (χ0v) is 12.5. The molecule has 2 unspecified atom stereocenters. The zero-order valence-electron chi connectivity index (χ0n) is 11.6. The number of aromatic nitrogens is 2. The minimum absolute atomic E-state index is 0.339. The second-order valence-corrected chi connectivity index (χ2v) is 7.01. The molecule has 1 aliphatic rings. The molecule has 0 spiro atoms. The van der Waals surface area contributed by atoms with Gasteiger partial charge in [-0.05, 0) is 25.8 Å². The van der Waals surface area contributed by atoms with E-state index in [1.54, 1.807) is 18.5 Å². The van der Waals surface area contributed by atoms with E-state index in [4.69, 9.17) is 5.11 Å². The van der Waals surface area contributed by atoms with Crippen LogP contribution in [0, 0.1) is 0 Å². The quantitative estimate of drug-likeness (QED) is 0.776. The second-order valence-electron chi connectivity index (χ2n) is 4.98. The molecule has 0 amide bonds. The van der Waals surface area contributed by atoms with Gasteiger partial charge in [0.15, 0.2) is 5.25 Å². The lowest BCUT2D eigenvalue weighted by atomic mass is 10.1. The summed E-state index contributed by atoms with van der Waals surface area (Å²) in [7, 11) is -3.88. The maximum absolute atomic E-state index is 11.9. The molecule has 0 aromatic carbocycles. The van der Waals surface area contributed by atoms with Gasteiger partial charge in [-0.25, -0.2) is 23.1 Å². The summed E-state index contributed by atoms with van der Waals surface area (Å²) in [6, 6.07) is 1.37. The predicted octanol–water partition coefficient (Wildman–Crippen LogP) is -0.162. The molecule has 116 valence electrons. The Morgan fingerprint density at radius 1 is 1.48 bits per heavy atom. The highest BCUT2D eigenvalue weighted by molar-refractivity contribution is 7.90. The van der Waals surface area contributed by atoms with E-state index in [-0.39, 0.29) is 6.04 Å². The zero-order chi connectivity index (χ0) is 15.5. The van der Waals surface area contributed by atoms with Gasteiger partial charge in [0.25, 0.3) is 0 Å². The van der Waals surface area contributed by atoms with E-state index in [0.29, 0.717) is 18.9 Å². The van der Waals surface area contributed by atoms with Crippen LogP contribution < -0.4 is 9.62 Å². The first-order chi connectivity index (χ1) is 9.90. The van der Waals surface area contributed by atoms with E-state index in [1.165, 1.54) is 0 Å². The fourth-order valence-corrected chi connectivity index (χ4v) is 3.30. The minimum Gasteiger partial charge on any atom is -0.480 e. The van der Waals surface area contributed by atoms with Gasteiger partial charge in [0.1, 0.15) is 0 Å². The molecule has 1 aromatic rings. The molecular formula is C12H18N4O4S. The lowest BCUT2D eigenvalue weighted by Gasteiger charge is -2.33. The van der Waals surface area contributed by atoms with Crippen LogP contribution in [0.4, 0.5) is 5.95 Å². The molecule has 1 aromatic heterocycles. The number of anilines is 1. The highest BCUT2D eigenvalue weighted by atomic mass is 32.2. The molecule has 8 nitrogen and oxygen atoms in total. The van der Waals surface area contributed by atoms with Crippen LogP contribution in [-0.4, -0.2) is 53.8 Å². The highest BCUT2D eigenvalue weighted by Crippen LogP contribution is 2.16. The number of hydrogen-bond donors (Lipinski definition) is 2. The van der Waals surface area contributed by atoms with Crippen LogP contribution in [0.15, 0.2) is 18.5 Å². The van der Waals surface area contributed by atoms with Gasteiger partial charge in [-0.2, -0.15) is 0 Å². The third-order valence-electron chi connectivity index (χ3n) is 3.40. The Morgan fingerprint density at radius 3 is 2.76 bits per heavy atom. The van der Waals surface area contributed by atoms with Crippen LogP contribution in [0.3, 0.4) is 0 Å². The van der Waals surface area contributed by atoms with Gasteiger partial charge in [0.05, 0.1) is 0 Å². The summed E-state index contributed by atoms with van der Waals surface area (Å²) in [6.45, 7) is 2.33. The van der Waals surface area contributed by atoms with E-state index in [9.17, 15) is 13.2 Å². The van der Waals surface area contributed by atoms with Crippen molar-refractivity contribution in [3.05, 3.63) is 18.5 Å². The normalized spacial score (nSPS) is 21.0. The molecule has 0 bridgehead atoms. The fraction of sp³-hybridized carbons (Fsp3) is 0.583. The Kier molecular flexibility index (Phi) is 4.73. The topological polar surface area (TPSA) is 112 Å². The molecule has 2 rings (SSSR count). The maximum atomic E-state index is 11.9. The molecule has 2 heterocycles. The van der Waals surface area contributed by atoms with Gasteiger partial charge < -0.3 is 10.0 Å². The Hall–Kier alpha value is -1.74. The van der Waals surface area contributed by atoms with Crippen molar-refractivity contribution >= 4 is 21.9 Å². The van der Waals surface area contributed by atoms with E-state index >= 15 is 0 Å². The van der Waals surface area contributed by atoms with Crippen LogP contribution in [0.1, 0.15) is 19.8 Å². The van der Waals surface area contributed by atoms with Crippen LogP contribution in [-0.2, 0) is 14.8 Å². The summed E-state index contributed by atoms with van der Waals surface area (Å²) in [5.74, 6) is -0.811. The summed E-state index contributed by atoms with van der Waals surface area (Å²) >= 11 is 0. The Bertz CT molecular complexity index is 593. The van der Waals surface area contributed by atoms with Gasteiger partial charge in [-0.1, -0.05) is 0 Å². The summed E-state index contributed by atoms with van der Waals surface area (Å²) < 4.78 is 26.4. The number of nitrogens with one attached hydrogen (secondary N) is 1. The Balaban J connectivity index is 2.04. The van der Waals surface area contributed by atoms with E-state index in [2.05, 4.69) is 14.7 Å².